The van der Waals surface area contributed by atoms with Crippen molar-refractivity contribution in [2.75, 3.05) is 18.9 Å². The second kappa shape index (κ2) is 4.83. The molecule has 4 N–H and O–H groups in total. The van der Waals surface area contributed by atoms with E-state index in [2.05, 4.69) is 5.32 Å². The van der Waals surface area contributed by atoms with E-state index in [-0.39, 0.29) is 19.1 Å². The average Bonchev–Trinajstić information content (AvgIpc) is 2.18. The molecule has 0 aliphatic carbocycles. The van der Waals surface area contributed by atoms with Gasteiger partial charge in [0, 0.05) is 12.1 Å². The van der Waals surface area contributed by atoms with Crippen LogP contribution in [-0.2, 0) is 0 Å². The molecule has 0 aromatic heterocycles. The number of aliphatic hydroxyl groups excluding tert-OH is 1. The van der Waals surface area contributed by atoms with Crippen molar-refractivity contribution in [3.8, 4) is 0 Å². The molecule has 0 unspecified atom stereocenters. The standard InChI is InChI=1S/C9H11ClN2O2/c10-7-5-6(1-2-8(7)11)9(14)12-3-4-13/h1-2,5,13H,3-4,11H2,(H,12,14). The van der Waals surface area contributed by atoms with Crippen LogP contribution in [0.1, 0.15) is 10.4 Å². The van der Waals surface area contributed by atoms with Crippen LogP contribution in [0.2, 0.25) is 5.02 Å². The molecule has 1 aromatic rings. The average molecular weight is 215 g/mol. The Kier molecular flexibility index (Phi) is 3.73. The molecule has 0 aliphatic rings. The molecule has 0 saturated heterocycles. The van der Waals surface area contributed by atoms with Crippen LogP contribution in [0.15, 0.2) is 18.2 Å². The van der Waals surface area contributed by atoms with Crippen LogP contribution in [0, 0.1) is 0 Å². The van der Waals surface area contributed by atoms with Crippen LogP contribution in [0.25, 0.3) is 0 Å². The SMILES string of the molecule is Nc1ccc(C(=O)NCCO)cc1Cl. The van der Waals surface area contributed by atoms with E-state index in [0.717, 1.165) is 0 Å². The summed E-state index contributed by atoms with van der Waals surface area (Å²) >= 11 is 5.74. The van der Waals surface area contributed by atoms with Crippen molar-refractivity contribution in [3.05, 3.63) is 28.8 Å². The number of anilines is 1. The van der Waals surface area contributed by atoms with Gasteiger partial charge < -0.3 is 16.2 Å². The number of nitrogens with two attached hydrogens (primary N) is 1. The summed E-state index contributed by atoms with van der Waals surface area (Å²) in [7, 11) is 0. The van der Waals surface area contributed by atoms with Crippen molar-refractivity contribution in [2.24, 2.45) is 0 Å². The van der Waals surface area contributed by atoms with Crippen LogP contribution in [0.5, 0.6) is 0 Å². The Balaban J connectivity index is 2.76. The van der Waals surface area contributed by atoms with E-state index in [0.29, 0.717) is 16.3 Å². The number of benzene rings is 1. The minimum Gasteiger partial charge on any atom is -0.398 e. The summed E-state index contributed by atoms with van der Waals surface area (Å²) in [6, 6.07) is 4.63. The highest BCUT2D eigenvalue weighted by Gasteiger charge is 2.06. The zero-order valence-electron chi connectivity index (χ0n) is 7.46. The third-order valence-corrected chi connectivity index (χ3v) is 1.99. The maximum Gasteiger partial charge on any atom is 0.251 e. The third-order valence-electron chi connectivity index (χ3n) is 1.66. The summed E-state index contributed by atoms with van der Waals surface area (Å²) in [5, 5.41) is 11.4. The summed E-state index contributed by atoms with van der Waals surface area (Å²) < 4.78 is 0. The first-order valence-electron chi connectivity index (χ1n) is 4.09. The maximum atomic E-state index is 11.3. The predicted octanol–water partition coefficient (Wildman–Crippen LogP) is 0.644. The second-order valence-corrected chi connectivity index (χ2v) is 3.12. The normalized spacial score (nSPS) is 9.86. The highest BCUT2D eigenvalue weighted by atomic mass is 35.5. The van der Waals surface area contributed by atoms with E-state index in [9.17, 15) is 4.79 Å². The minimum atomic E-state index is -0.277. The number of nitrogens with one attached hydrogen (secondary N) is 1. The fourth-order valence-corrected chi connectivity index (χ4v) is 1.12. The fraction of sp³-hybridized carbons (Fsp3) is 0.222. The van der Waals surface area contributed by atoms with Crippen LogP contribution < -0.4 is 11.1 Å². The molecule has 5 heteroatoms. The van der Waals surface area contributed by atoms with Crippen molar-refractivity contribution >= 4 is 23.2 Å². The van der Waals surface area contributed by atoms with Gasteiger partial charge in [0.2, 0.25) is 0 Å². The second-order valence-electron chi connectivity index (χ2n) is 2.72. The lowest BCUT2D eigenvalue weighted by Crippen LogP contribution is -2.26. The molecule has 0 heterocycles. The largest absolute Gasteiger partial charge is 0.398 e. The topological polar surface area (TPSA) is 75.4 Å². The molecule has 0 saturated carbocycles. The summed E-state index contributed by atoms with van der Waals surface area (Å²) in [6.07, 6.45) is 0. The smallest absolute Gasteiger partial charge is 0.251 e. The number of amides is 1. The Morgan fingerprint density at radius 3 is 2.86 bits per heavy atom. The zero-order chi connectivity index (χ0) is 10.6. The number of nitrogen functional groups attached to an aromatic ring is 1. The number of hydrogen-bond acceptors (Lipinski definition) is 3. The molecule has 14 heavy (non-hydrogen) atoms. The van der Waals surface area contributed by atoms with Crippen LogP contribution in [0.3, 0.4) is 0 Å². The number of hydrogen-bond donors (Lipinski definition) is 3. The molecule has 1 amide bonds. The van der Waals surface area contributed by atoms with Crippen molar-refractivity contribution in [1.29, 1.82) is 0 Å². The van der Waals surface area contributed by atoms with Crippen molar-refractivity contribution in [3.63, 3.8) is 0 Å². The summed E-state index contributed by atoms with van der Waals surface area (Å²) in [6.45, 7) is 0.134. The molecule has 1 rings (SSSR count). The highest BCUT2D eigenvalue weighted by molar-refractivity contribution is 6.33. The first kappa shape index (κ1) is 10.8. The zero-order valence-corrected chi connectivity index (χ0v) is 8.21. The third kappa shape index (κ3) is 2.61. The number of rotatable bonds is 3. The lowest BCUT2D eigenvalue weighted by molar-refractivity contribution is 0.0945. The first-order chi connectivity index (χ1) is 6.65. The van der Waals surface area contributed by atoms with Crippen molar-refractivity contribution in [2.45, 2.75) is 0 Å². The van der Waals surface area contributed by atoms with Crippen LogP contribution >= 0.6 is 11.6 Å². The molecule has 1 aromatic carbocycles. The maximum absolute atomic E-state index is 11.3. The lowest BCUT2D eigenvalue weighted by Gasteiger charge is -2.04. The fourth-order valence-electron chi connectivity index (χ4n) is 0.940. The monoisotopic (exact) mass is 214 g/mol. The van der Waals surface area contributed by atoms with E-state index in [1.165, 1.54) is 6.07 Å². The molecular formula is C9H11ClN2O2. The van der Waals surface area contributed by atoms with Crippen molar-refractivity contribution in [1.82, 2.24) is 5.32 Å². The molecule has 0 fully saturated rings. The first-order valence-corrected chi connectivity index (χ1v) is 4.47. The predicted molar refractivity (Wildman–Crippen MR) is 55.3 cm³/mol. The number of carbonyl (C=O) groups is 1. The van der Waals surface area contributed by atoms with Gasteiger partial charge in [-0.3, -0.25) is 4.79 Å². The van der Waals surface area contributed by atoms with E-state index < -0.39 is 0 Å². The Morgan fingerprint density at radius 2 is 2.29 bits per heavy atom. The van der Waals surface area contributed by atoms with Gasteiger partial charge in [-0.25, -0.2) is 0 Å². The van der Waals surface area contributed by atoms with Crippen LogP contribution in [0.4, 0.5) is 5.69 Å². The Labute approximate surface area is 86.7 Å². The van der Waals surface area contributed by atoms with Gasteiger partial charge >= 0.3 is 0 Å². The van der Waals surface area contributed by atoms with E-state index in [1.54, 1.807) is 12.1 Å². The molecule has 0 aliphatic heterocycles. The lowest BCUT2D eigenvalue weighted by atomic mass is 10.2. The van der Waals surface area contributed by atoms with E-state index in [4.69, 9.17) is 22.4 Å². The van der Waals surface area contributed by atoms with Gasteiger partial charge in [-0.1, -0.05) is 11.6 Å². The van der Waals surface area contributed by atoms with Gasteiger partial charge in [0.15, 0.2) is 0 Å². The van der Waals surface area contributed by atoms with Crippen molar-refractivity contribution < 1.29 is 9.90 Å². The highest BCUT2D eigenvalue weighted by Crippen LogP contribution is 2.19. The van der Waals surface area contributed by atoms with Crippen LogP contribution in [-0.4, -0.2) is 24.2 Å². The Bertz CT molecular complexity index is 342. The van der Waals surface area contributed by atoms with Gasteiger partial charge in [-0.05, 0) is 18.2 Å². The number of aliphatic hydroxyl groups is 1. The number of carbonyl (C=O) groups excluding carboxylic acids is 1. The number of halogens is 1. The van der Waals surface area contributed by atoms with E-state index in [1.807, 2.05) is 0 Å². The molecule has 0 atom stereocenters. The summed E-state index contributed by atoms with van der Waals surface area (Å²) in [5.74, 6) is -0.277. The molecule has 0 spiro atoms. The Hall–Kier alpha value is -1.26. The molecule has 4 nitrogen and oxygen atoms in total. The van der Waals surface area contributed by atoms with E-state index >= 15 is 0 Å². The molecule has 76 valence electrons. The van der Waals surface area contributed by atoms with Gasteiger partial charge in [0.1, 0.15) is 0 Å². The molecular weight excluding hydrogens is 204 g/mol. The van der Waals surface area contributed by atoms with Gasteiger partial charge in [0.25, 0.3) is 5.91 Å². The molecule has 0 bridgehead atoms. The Morgan fingerprint density at radius 1 is 1.57 bits per heavy atom. The van der Waals surface area contributed by atoms with Gasteiger partial charge in [0.05, 0.1) is 17.3 Å². The minimum absolute atomic E-state index is 0.0888. The van der Waals surface area contributed by atoms with Gasteiger partial charge in [-0.2, -0.15) is 0 Å². The summed E-state index contributed by atoms with van der Waals surface area (Å²) in [5.41, 5.74) is 6.35. The summed E-state index contributed by atoms with van der Waals surface area (Å²) in [4.78, 5) is 11.3. The van der Waals surface area contributed by atoms with Gasteiger partial charge in [-0.15, -0.1) is 0 Å². The quantitative estimate of drug-likeness (QED) is 0.647. The molecule has 0 radical (unpaired) electrons.